The smallest absolute Gasteiger partial charge is 0.328 e. The molecule has 2 amide bonds. The van der Waals surface area contributed by atoms with Crippen molar-refractivity contribution in [3.63, 3.8) is 0 Å². The van der Waals surface area contributed by atoms with Crippen LogP contribution in [0.4, 0.5) is 0 Å². The zero-order valence-corrected chi connectivity index (χ0v) is 22.5. The maximum absolute atomic E-state index is 12.8. The number of rotatable bonds is 21. The number of nitrogens with one attached hydrogen (secondary N) is 1. The van der Waals surface area contributed by atoms with Crippen LogP contribution in [0, 0.1) is 0 Å². The fourth-order valence-corrected chi connectivity index (χ4v) is 4.82. The molecule has 0 saturated carbocycles. The Balaban J connectivity index is 2.08. The number of carbonyl (C=O) groups excluding carboxylic acids is 3. The van der Waals surface area contributed by atoms with Gasteiger partial charge < -0.3 is 20.1 Å². The van der Waals surface area contributed by atoms with E-state index in [-0.39, 0.29) is 12.5 Å². The Kier molecular flexibility index (Phi) is 18.4. The van der Waals surface area contributed by atoms with Gasteiger partial charge >= 0.3 is 5.97 Å². The van der Waals surface area contributed by atoms with Gasteiger partial charge in [-0.1, -0.05) is 96.8 Å². The largest absolute Gasteiger partial charge is 0.464 e. The van der Waals surface area contributed by atoms with E-state index in [1.165, 1.54) is 81.9 Å². The lowest BCUT2D eigenvalue weighted by atomic mass is 10.0. The molecule has 0 bridgehead atoms. The van der Waals surface area contributed by atoms with Gasteiger partial charge in [0.2, 0.25) is 11.8 Å². The van der Waals surface area contributed by atoms with Gasteiger partial charge in [0.25, 0.3) is 0 Å². The summed E-state index contributed by atoms with van der Waals surface area (Å²) < 4.78 is 5.06. The molecule has 1 rings (SSSR count). The number of hydrogen-bond acceptors (Lipinski definition) is 5. The predicted octanol–water partition coefficient (Wildman–Crippen LogP) is 5.28. The Morgan fingerprint density at radius 2 is 1.37 bits per heavy atom. The van der Waals surface area contributed by atoms with Crippen LogP contribution in [0.2, 0.25) is 0 Å². The first-order chi connectivity index (χ1) is 17.0. The van der Waals surface area contributed by atoms with Crippen molar-refractivity contribution in [1.82, 2.24) is 10.2 Å². The van der Waals surface area contributed by atoms with Gasteiger partial charge in [0.05, 0.1) is 13.2 Å². The Bertz CT molecular complexity index is 584. The molecule has 1 saturated heterocycles. The second kappa shape index (κ2) is 20.6. The van der Waals surface area contributed by atoms with E-state index in [1.807, 2.05) is 0 Å². The third-order valence-corrected chi connectivity index (χ3v) is 6.92. The Labute approximate surface area is 213 Å². The van der Waals surface area contributed by atoms with Crippen LogP contribution in [0.15, 0.2) is 0 Å². The summed E-state index contributed by atoms with van der Waals surface area (Å²) in [5.74, 6) is -1.05. The second-order valence-corrected chi connectivity index (χ2v) is 9.94. The van der Waals surface area contributed by atoms with Gasteiger partial charge in [-0.3, -0.25) is 9.59 Å². The molecule has 1 aliphatic heterocycles. The summed E-state index contributed by atoms with van der Waals surface area (Å²) in [6.07, 6.45) is 20.6. The minimum absolute atomic E-state index is 0.223. The van der Waals surface area contributed by atoms with E-state index in [1.54, 1.807) is 6.92 Å². The lowest BCUT2D eigenvalue weighted by Crippen LogP contribution is -2.53. The molecule has 1 heterocycles. The van der Waals surface area contributed by atoms with Crippen molar-refractivity contribution in [2.24, 2.45) is 0 Å². The quantitative estimate of drug-likeness (QED) is 0.166. The third kappa shape index (κ3) is 13.9. The SMILES string of the molecule is CCCCCCCCCCCCCCCCCC(=O)NC(CO)C(=O)N1CCCC1C(=O)OCC. The van der Waals surface area contributed by atoms with Crippen molar-refractivity contribution in [2.75, 3.05) is 19.8 Å². The molecule has 0 spiro atoms. The standard InChI is InChI=1S/C28H52N2O5/c1-3-5-6-7-8-9-10-11-12-13-14-15-16-17-18-21-26(32)29-24(23-31)27(33)30-22-19-20-25(30)28(34)35-4-2/h24-25,31H,3-23H2,1-2H3,(H,29,32). The van der Waals surface area contributed by atoms with Gasteiger partial charge in [0.15, 0.2) is 0 Å². The van der Waals surface area contributed by atoms with Crippen LogP contribution in [0.5, 0.6) is 0 Å². The van der Waals surface area contributed by atoms with Gasteiger partial charge in [-0.2, -0.15) is 0 Å². The summed E-state index contributed by atoms with van der Waals surface area (Å²) in [5.41, 5.74) is 0. The monoisotopic (exact) mass is 496 g/mol. The first-order valence-corrected chi connectivity index (χ1v) is 14.4. The number of nitrogens with zero attached hydrogens (tertiary/aromatic N) is 1. The zero-order valence-electron chi connectivity index (χ0n) is 22.5. The van der Waals surface area contributed by atoms with E-state index in [2.05, 4.69) is 12.2 Å². The van der Waals surface area contributed by atoms with Crippen molar-refractivity contribution < 1.29 is 24.2 Å². The molecule has 7 nitrogen and oxygen atoms in total. The molecule has 0 aromatic rings. The van der Waals surface area contributed by atoms with Crippen LogP contribution in [-0.4, -0.2) is 59.6 Å². The number of amides is 2. The molecule has 2 N–H and O–H groups in total. The molecule has 0 aromatic heterocycles. The van der Waals surface area contributed by atoms with Crippen molar-refractivity contribution in [1.29, 1.82) is 0 Å². The van der Waals surface area contributed by atoms with Crippen molar-refractivity contribution >= 4 is 17.8 Å². The molecular formula is C28H52N2O5. The molecule has 0 aromatic carbocycles. The number of unbranched alkanes of at least 4 members (excludes halogenated alkanes) is 14. The Hall–Kier alpha value is -1.63. The molecule has 204 valence electrons. The number of aliphatic hydroxyl groups excluding tert-OH is 1. The van der Waals surface area contributed by atoms with Crippen molar-refractivity contribution in [2.45, 2.75) is 142 Å². The fraction of sp³-hybridized carbons (Fsp3) is 0.893. The average Bonchev–Trinajstić information content (AvgIpc) is 3.35. The van der Waals surface area contributed by atoms with Crippen LogP contribution >= 0.6 is 0 Å². The molecule has 1 aliphatic rings. The number of likely N-dealkylation sites (tertiary alicyclic amines) is 1. The molecule has 0 radical (unpaired) electrons. The minimum atomic E-state index is -1.01. The van der Waals surface area contributed by atoms with Crippen molar-refractivity contribution in [3.8, 4) is 0 Å². The van der Waals surface area contributed by atoms with Crippen LogP contribution in [0.25, 0.3) is 0 Å². The Morgan fingerprint density at radius 1 is 0.857 bits per heavy atom. The lowest BCUT2D eigenvalue weighted by molar-refractivity contribution is -0.154. The molecular weight excluding hydrogens is 444 g/mol. The third-order valence-electron chi connectivity index (χ3n) is 6.92. The normalized spacial score (nSPS) is 16.3. The van der Waals surface area contributed by atoms with Crippen molar-refractivity contribution in [3.05, 3.63) is 0 Å². The first kappa shape index (κ1) is 31.4. The molecule has 2 unspecified atom stereocenters. The van der Waals surface area contributed by atoms with Gasteiger partial charge in [0.1, 0.15) is 12.1 Å². The lowest BCUT2D eigenvalue weighted by Gasteiger charge is -2.27. The summed E-state index contributed by atoms with van der Waals surface area (Å²) in [7, 11) is 0. The van der Waals surface area contributed by atoms with Crippen LogP contribution in [-0.2, 0) is 19.1 Å². The average molecular weight is 497 g/mol. The minimum Gasteiger partial charge on any atom is -0.464 e. The summed E-state index contributed by atoms with van der Waals surface area (Å²) in [5, 5.41) is 12.3. The van der Waals surface area contributed by atoms with E-state index in [4.69, 9.17) is 4.74 Å². The molecule has 7 heteroatoms. The highest BCUT2D eigenvalue weighted by Gasteiger charge is 2.38. The molecule has 1 fully saturated rings. The van der Waals surface area contributed by atoms with Gasteiger partial charge in [-0.05, 0) is 26.2 Å². The highest BCUT2D eigenvalue weighted by atomic mass is 16.5. The number of carbonyl (C=O) groups is 3. The molecule has 2 atom stereocenters. The van der Waals surface area contributed by atoms with Crippen LogP contribution in [0.3, 0.4) is 0 Å². The number of esters is 1. The van der Waals surface area contributed by atoms with Gasteiger partial charge in [0, 0.05) is 13.0 Å². The molecule has 0 aliphatic carbocycles. The van der Waals surface area contributed by atoms with Gasteiger partial charge in [-0.15, -0.1) is 0 Å². The summed E-state index contributed by atoms with van der Waals surface area (Å²) >= 11 is 0. The molecule has 35 heavy (non-hydrogen) atoms. The maximum Gasteiger partial charge on any atom is 0.328 e. The highest BCUT2D eigenvalue weighted by molar-refractivity contribution is 5.91. The van der Waals surface area contributed by atoms with E-state index in [9.17, 15) is 19.5 Å². The number of hydrogen-bond donors (Lipinski definition) is 2. The van der Waals surface area contributed by atoms with Gasteiger partial charge in [-0.25, -0.2) is 4.79 Å². The van der Waals surface area contributed by atoms with Crippen LogP contribution < -0.4 is 5.32 Å². The number of ether oxygens (including phenoxy) is 1. The van der Waals surface area contributed by atoms with E-state index < -0.39 is 30.6 Å². The summed E-state index contributed by atoms with van der Waals surface area (Å²) in [6.45, 7) is 4.21. The van der Waals surface area contributed by atoms with Crippen LogP contribution in [0.1, 0.15) is 129 Å². The fourth-order valence-electron chi connectivity index (χ4n) is 4.82. The van der Waals surface area contributed by atoms with E-state index in [0.717, 1.165) is 19.3 Å². The van der Waals surface area contributed by atoms with E-state index >= 15 is 0 Å². The highest BCUT2D eigenvalue weighted by Crippen LogP contribution is 2.20. The second-order valence-electron chi connectivity index (χ2n) is 9.94. The zero-order chi connectivity index (χ0) is 25.7. The first-order valence-electron chi connectivity index (χ1n) is 14.4. The topological polar surface area (TPSA) is 95.9 Å². The van der Waals surface area contributed by atoms with E-state index in [0.29, 0.717) is 25.8 Å². The summed E-state index contributed by atoms with van der Waals surface area (Å²) in [6, 6.07) is -1.63. The predicted molar refractivity (Wildman–Crippen MR) is 140 cm³/mol. The maximum atomic E-state index is 12.8. The summed E-state index contributed by atoms with van der Waals surface area (Å²) in [4.78, 5) is 38.6. The Morgan fingerprint density at radius 3 is 1.86 bits per heavy atom. The number of aliphatic hydroxyl groups is 1.